The van der Waals surface area contributed by atoms with Crippen LogP contribution in [0, 0.1) is 12.8 Å². The van der Waals surface area contributed by atoms with E-state index in [0.717, 1.165) is 36.6 Å². The van der Waals surface area contributed by atoms with Crippen molar-refractivity contribution in [3.63, 3.8) is 0 Å². The van der Waals surface area contributed by atoms with Gasteiger partial charge in [-0.1, -0.05) is 43.6 Å². The summed E-state index contributed by atoms with van der Waals surface area (Å²) in [4.78, 5) is 2.41. The molecule has 3 rings (SSSR count). The fraction of sp³-hybridized carbons (Fsp3) is 0.696. The van der Waals surface area contributed by atoms with Crippen molar-refractivity contribution in [1.82, 2.24) is 14.7 Å². The second-order valence-corrected chi connectivity index (χ2v) is 10.9. The van der Waals surface area contributed by atoms with E-state index in [4.69, 9.17) is 0 Å². The first kappa shape index (κ1) is 23.1. The Morgan fingerprint density at radius 1 is 1.20 bits per heavy atom. The monoisotopic (exact) mass is 434 g/mol. The molecule has 1 aromatic heterocycles. The molecule has 1 aliphatic heterocycles. The highest BCUT2D eigenvalue weighted by Crippen LogP contribution is 2.28. The highest BCUT2D eigenvalue weighted by atomic mass is 32.2. The molecule has 1 unspecified atom stereocenters. The van der Waals surface area contributed by atoms with Crippen LogP contribution < -0.4 is 4.72 Å². The lowest BCUT2D eigenvalue weighted by molar-refractivity contribution is 0.210. The largest absolute Gasteiger partial charge is 0.306 e. The van der Waals surface area contributed by atoms with Gasteiger partial charge in [0.25, 0.3) is 0 Å². The molecular formula is C23H38N4O2S. The van der Waals surface area contributed by atoms with Crippen molar-refractivity contribution < 1.29 is 8.42 Å². The summed E-state index contributed by atoms with van der Waals surface area (Å²) >= 11 is 0. The highest BCUT2D eigenvalue weighted by Gasteiger charge is 2.27. The van der Waals surface area contributed by atoms with Gasteiger partial charge >= 0.3 is 0 Å². The molecule has 0 aromatic carbocycles. The van der Waals surface area contributed by atoms with Gasteiger partial charge in [-0.15, -0.1) is 0 Å². The van der Waals surface area contributed by atoms with Gasteiger partial charge in [0.05, 0.1) is 17.1 Å². The van der Waals surface area contributed by atoms with Gasteiger partial charge in [-0.2, -0.15) is 5.10 Å². The van der Waals surface area contributed by atoms with E-state index in [1.165, 1.54) is 44.3 Å². The Labute approximate surface area is 182 Å². The molecule has 168 valence electrons. The average molecular weight is 435 g/mol. The molecule has 1 fully saturated rings. The summed E-state index contributed by atoms with van der Waals surface area (Å²) in [5.74, 6) is 0.853. The first-order valence-corrected chi connectivity index (χ1v) is 12.9. The zero-order valence-electron chi connectivity index (χ0n) is 19.0. The molecule has 2 heterocycles. The smallest absolute Gasteiger partial charge is 0.239 e. The summed E-state index contributed by atoms with van der Waals surface area (Å²) in [7, 11) is 0.564. The third-order valence-corrected chi connectivity index (χ3v) is 8.22. The molecule has 7 heteroatoms. The van der Waals surface area contributed by atoms with Crippen molar-refractivity contribution in [2.75, 3.05) is 24.9 Å². The molecule has 1 atom stereocenters. The van der Waals surface area contributed by atoms with Gasteiger partial charge in [-0.25, -0.2) is 8.42 Å². The minimum absolute atomic E-state index is 0.524. The maximum atomic E-state index is 13.0. The Morgan fingerprint density at radius 3 is 2.57 bits per heavy atom. The van der Waals surface area contributed by atoms with Crippen LogP contribution in [0.4, 0.5) is 5.69 Å². The average Bonchev–Trinajstić information content (AvgIpc) is 2.97. The summed E-state index contributed by atoms with van der Waals surface area (Å²) in [5.41, 5.74) is 3.61. The Balaban J connectivity index is 1.52. The zero-order chi connectivity index (χ0) is 21.7. The molecule has 1 aromatic rings. The first-order chi connectivity index (χ1) is 14.3. The molecule has 0 amide bonds. The van der Waals surface area contributed by atoms with Crippen molar-refractivity contribution in [1.29, 1.82) is 0 Å². The van der Waals surface area contributed by atoms with Crippen LogP contribution >= 0.6 is 0 Å². The third kappa shape index (κ3) is 5.76. The Kier molecular flexibility index (Phi) is 7.80. The van der Waals surface area contributed by atoms with Gasteiger partial charge in [-0.05, 0) is 71.5 Å². The number of rotatable bonds is 9. The molecule has 2 aliphatic rings. The zero-order valence-corrected chi connectivity index (χ0v) is 19.8. The molecule has 6 nitrogen and oxygen atoms in total. The van der Waals surface area contributed by atoms with Gasteiger partial charge in [0, 0.05) is 7.05 Å². The van der Waals surface area contributed by atoms with E-state index >= 15 is 0 Å². The van der Waals surface area contributed by atoms with Crippen LogP contribution in [0.2, 0.25) is 0 Å². The quantitative estimate of drug-likeness (QED) is 0.633. The lowest BCUT2D eigenvalue weighted by Crippen LogP contribution is -2.30. The standard InChI is InChI=1S/C23H38N4O2S/c1-5-7-22-23(18(2)27(4)24-22)25-30(28,29)21-12-10-19(11-13-21)8-6-9-20-14-16-26(3)17-15-20/h10-12,20-21,25H,5-9,13-17H2,1-4H3. The van der Waals surface area contributed by atoms with Crippen molar-refractivity contribution in [2.24, 2.45) is 13.0 Å². The van der Waals surface area contributed by atoms with Gasteiger partial charge in [0.2, 0.25) is 10.0 Å². The van der Waals surface area contributed by atoms with Crippen LogP contribution in [0.3, 0.4) is 0 Å². The van der Waals surface area contributed by atoms with Crippen molar-refractivity contribution in [3.8, 4) is 0 Å². The Bertz CT molecular complexity index is 877. The van der Waals surface area contributed by atoms with E-state index in [9.17, 15) is 8.42 Å². The summed E-state index contributed by atoms with van der Waals surface area (Å²) < 4.78 is 30.6. The van der Waals surface area contributed by atoms with Crippen molar-refractivity contribution in [2.45, 2.75) is 70.5 Å². The topological polar surface area (TPSA) is 67.2 Å². The minimum atomic E-state index is -3.49. The van der Waals surface area contributed by atoms with E-state index in [2.05, 4.69) is 34.8 Å². The van der Waals surface area contributed by atoms with E-state index in [0.29, 0.717) is 12.1 Å². The molecule has 0 radical (unpaired) electrons. The van der Waals surface area contributed by atoms with Crippen LogP contribution in [0.25, 0.3) is 0 Å². The summed E-state index contributed by atoms with van der Waals surface area (Å²) in [6.45, 7) is 6.42. The number of nitrogens with one attached hydrogen (secondary N) is 1. The lowest BCUT2D eigenvalue weighted by atomic mass is 9.90. The first-order valence-electron chi connectivity index (χ1n) is 11.4. The molecule has 0 spiro atoms. The fourth-order valence-electron chi connectivity index (χ4n) is 4.45. The molecular weight excluding hydrogens is 396 g/mol. The van der Waals surface area contributed by atoms with Crippen LogP contribution in [-0.2, 0) is 23.5 Å². The molecule has 1 saturated heterocycles. The van der Waals surface area contributed by atoms with Gasteiger partial charge in [0.1, 0.15) is 5.25 Å². The Hall–Kier alpha value is -1.60. The predicted octanol–water partition coefficient (Wildman–Crippen LogP) is 4.19. The third-order valence-electron chi connectivity index (χ3n) is 6.59. The predicted molar refractivity (Wildman–Crippen MR) is 124 cm³/mol. The number of allylic oxidation sites excluding steroid dienone is 3. The highest BCUT2D eigenvalue weighted by molar-refractivity contribution is 7.93. The number of aromatic nitrogens is 2. The van der Waals surface area contributed by atoms with Gasteiger partial charge in [-0.3, -0.25) is 9.40 Å². The normalized spacial score (nSPS) is 21.1. The number of aryl methyl sites for hydroxylation is 2. The summed E-state index contributed by atoms with van der Waals surface area (Å²) in [6.07, 6.45) is 14.4. The number of piperidine rings is 1. The minimum Gasteiger partial charge on any atom is -0.306 e. The molecule has 0 bridgehead atoms. The number of likely N-dealkylation sites (tertiary alicyclic amines) is 1. The second kappa shape index (κ2) is 10.1. The summed E-state index contributed by atoms with van der Waals surface area (Å²) in [5, 5.41) is 3.95. The number of anilines is 1. The fourth-order valence-corrected chi connectivity index (χ4v) is 5.78. The van der Waals surface area contributed by atoms with Crippen LogP contribution in [0.5, 0.6) is 0 Å². The molecule has 0 saturated carbocycles. The maximum absolute atomic E-state index is 13.0. The molecule has 30 heavy (non-hydrogen) atoms. The number of nitrogens with zero attached hydrogens (tertiary/aromatic N) is 3. The maximum Gasteiger partial charge on any atom is 0.239 e. The van der Waals surface area contributed by atoms with Crippen LogP contribution in [-0.4, -0.2) is 48.5 Å². The number of hydrogen-bond donors (Lipinski definition) is 1. The van der Waals surface area contributed by atoms with Crippen LogP contribution in [0.15, 0.2) is 23.8 Å². The molecule has 1 aliphatic carbocycles. The van der Waals surface area contributed by atoms with E-state index < -0.39 is 15.3 Å². The van der Waals surface area contributed by atoms with E-state index in [1.54, 1.807) is 4.68 Å². The summed E-state index contributed by atoms with van der Waals surface area (Å²) in [6, 6.07) is 0. The van der Waals surface area contributed by atoms with E-state index in [1.807, 2.05) is 26.1 Å². The number of hydrogen-bond acceptors (Lipinski definition) is 4. The van der Waals surface area contributed by atoms with Crippen molar-refractivity contribution >= 4 is 15.7 Å². The SMILES string of the molecule is CCCc1nn(C)c(C)c1NS(=O)(=O)C1C=CC(CCCC2CCN(C)CC2)=CC1. The lowest BCUT2D eigenvalue weighted by Gasteiger charge is -2.29. The van der Waals surface area contributed by atoms with Gasteiger partial charge < -0.3 is 4.90 Å². The van der Waals surface area contributed by atoms with E-state index in [-0.39, 0.29) is 0 Å². The number of sulfonamides is 1. The molecule has 1 N–H and O–H groups in total. The van der Waals surface area contributed by atoms with Crippen LogP contribution in [0.1, 0.15) is 63.3 Å². The second-order valence-electron chi connectivity index (χ2n) is 8.98. The van der Waals surface area contributed by atoms with Gasteiger partial charge in [0.15, 0.2) is 0 Å². The van der Waals surface area contributed by atoms with Crippen molar-refractivity contribution in [3.05, 3.63) is 35.2 Å². The Morgan fingerprint density at radius 2 is 1.93 bits per heavy atom.